The molecule has 0 fully saturated rings. The molecule has 0 N–H and O–H groups in total. The highest BCUT2D eigenvalue weighted by Crippen LogP contribution is 2.13. The van der Waals surface area contributed by atoms with Crippen molar-refractivity contribution in [2.45, 2.75) is 122 Å². The molecule has 0 spiro atoms. The van der Waals surface area contributed by atoms with E-state index in [1.54, 1.807) is 0 Å². The summed E-state index contributed by atoms with van der Waals surface area (Å²) in [6, 6.07) is 0. The normalized spacial score (nSPS) is 11.9. The maximum absolute atomic E-state index is 13.2. The van der Waals surface area contributed by atoms with E-state index < -0.39 is 67.6 Å². The van der Waals surface area contributed by atoms with Crippen LogP contribution >= 0.6 is 11.8 Å². The molecule has 0 aromatic rings. The van der Waals surface area contributed by atoms with Crippen LogP contribution in [0.1, 0.15) is 110 Å². The number of hydrogen-bond acceptors (Lipinski definition) is 15. The third-order valence-corrected chi connectivity index (χ3v) is 8.50. The number of rotatable bonds is 34. The Kier molecular flexibility index (Phi) is 31.3. The van der Waals surface area contributed by atoms with Gasteiger partial charge in [0.2, 0.25) is 0 Å². The fourth-order valence-electron chi connectivity index (χ4n) is 4.72. The molecular weight excluding hydrogens is 700 g/mol. The molecule has 0 aliphatic rings. The summed E-state index contributed by atoms with van der Waals surface area (Å²) in [6.45, 7) is 2.36. The first-order valence-electron chi connectivity index (χ1n) is 18.4. The third kappa shape index (κ3) is 29.2. The van der Waals surface area contributed by atoms with E-state index in [0.29, 0.717) is 31.6 Å². The first kappa shape index (κ1) is 48.6. The highest BCUT2D eigenvalue weighted by atomic mass is 32.2. The van der Waals surface area contributed by atoms with Gasteiger partial charge in [0.25, 0.3) is 18.2 Å². The quantitative estimate of drug-likeness (QED) is 0.0375. The summed E-state index contributed by atoms with van der Waals surface area (Å²) < 4.78 is 30.7. The zero-order chi connectivity index (χ0) is 38.8. The molecule has 0 bridgehead atoms. The molecule has 0 heterocycles. The van der Waals surface area contributed by atoms with Crippen molar-refractivity contribution in [3.63, 3.8) is 0 Å². The minimum absolute atomic E-state index is 0.159. The second kappa shape index (κ2) is 33.4. The summed E-state index contributed by atoms with van der Waals surface area (Å²) >= 11 is 0.896. The van der Waals surface area contributed by atoms with Crippen molar-refractivity contribution in [3.8, 4) is 0 Å². The Hall–Kier alpha value is -3.40. The summed E-state index contributed by atoms with van der Waals surface area (Å²) in [4.78, 5) is 88.1. The average Bonchev–Trinajstić information content (AvgIpc) is 3.11. The lowest BCUT2D eigenvalue weighted by Gasteiger charge is -2.24. The van der Waals surface area contributed by atoms with E-state index in [4.69, 9.17) is 28.4 Å². The van der Waals surface area contributed by atoms with Crippen molar-refractivity contribution >= 4 is 53.8 Å². The number of amides is 1. The van der Waals surface area contributed by atoms with Crippen LogP contribution in [0.5, 0.6) is 0 Å². The van der Waals surface area contributed by atoms with Gasteiger partial charge in [-0.2, -0.15) is 0 Å². The Morgan fingerprint density at radius 2 is 1.00 bits per heavy atom. The van der Waals surface area contributed by atoms with Gasteiger partial charge in [-0.25, -0.2) is 0 Å². The van der Waals surface area contributed by atoms with Crippen molar-refractivity contribution in [2.24, 2.45) is 0 Å². The lowest BCUT2D eigenvalue weighted by molar-refractivity contribution is -0.167. The number of nitrogens with zero attached hydrogens (tertiary/aromatic N) is 2. The molecule has 0 rings (SSSR count). The summed E-state index contributed by atoms with van der Waals surface area (Å²) in [7, 11) is 3.77. The first-order chi connectivity index (χ1) is 25.1. The lowest BCUT2D eigenvalue weighted by Crippen LogP contribution is -2.42. The van der Waals surface area contributed by atoms with Gasteiger partial charge < -0.3 is 38.2 Å². The van der Waals surface area contributed by atoms with Gasteiger partial charge in [-0.1, -0.05) is 89.8 Å². The fourth-order valence-corrected chi connectivity index (χ4v) is 5.48. The van der Waals surface area contributed by atoms with Crippen molar-refractivity contribution in [2.75, 3.05) is 65.9 Å². The van der Waals surface area contributed by atoms with Crippen LogP contribution in [0.4, 0.5) is 4.79 Å². The summed E-state index contributed by atoms with van der Waals surface area (Å²) in [6.07, 6.45) is 10.5. The Morgan fingerprint density at radius 3 is 1.40 bits per heavy atom. The van der Waals surface area contributed by atoms with E-state index in [2.05, 4.69) is 13.8 Å². The molecule has 15 nitrogen and oxygen atoms in total. The second-order valence-corrected chi connectivity index (χ2v) is 13.7. The van der Waals surface area contributed by atoms with E-state index in [1.807, 2.05) is 19.0 Å². The third-order valence-electron chi connectivity index (χ3n) is 7.50. The van der Waals surface area contributed by atoms with Crippen molar-refractivity contribution < 1.29 is 62.0 Å². The van der Waals surface area contributed by atoms with Crippen LogP contribution in [0.25, 0.3) is 0 Å². The second-order valence-electron chi connectivity index (χ2n) is 12.6. The Labute approximate surface area is 313 Å². The number of thioether (sulfide) groups is 1. The summed E-state index contributed by atoms with van der Waals surface area (Å²) in [5.41, 5.74) is 0. The highest BCUT2D eigenvalue weighted by molar-refractivity contribution is 8.13. The van der Waals surface area contributed by atoms with Crippen LogP contribution in [0.2, 0.25) is 0 Å². The van der Waals surface area contributed by atoms with Crippen LogP contribution in [0.3, 0.4) is 0 Å². The monoisotopic (exact) mass is 762 g/mol. The molecule has 0 radical (unpaired) electrons. The van der Waals surface area contributed by atoms with Gasteiger partial charge >= 0.3 is 23.9 Å². The predicted molar refractivity (Wildman–Crippen MR) is 194 cm³/mol. The number of esters is 4. The van der Waals surface area contributed by atoms with E-state index in [1.165, 1.54) is 0 Å². The van der Waals surface area contributed by atoms with Crippen LogP contribution in [-0.4, -0.2) is 130 Å². The van der Waals surface area contributed by atoms with E-state index >= 15 is 0 Å². The summed E-state index contributed by atoms with van der Waals surface area (Å²) in [5.74, 6) is -2.49. The van der Waals surface area contributed by atoms with Gasteiger partial charge in [-0.15, -0.1) is 0 Å². The number of hydrogen-bond donors (Lipinski definition) is 0. The number of unbranched alkanes of at least 4 members (excludes halogenated alkanes) is 10. The first-order valence-corrected chi connectivity index (χ1v) is 19.4. The van der Waals surface area contributed by atoms with Crippen LogP contribution in [0, 0.1) is 0 Å². The number of carbonyl (C=O) groups is 7. The Morgan fingerprint density at radius 1 is 0.577 bits per heavy atom. The van der Waals surface area contributed by atoms with E-state index in [9.17, 15) is 33.6 Å². The number of carbonyl (C=O) groups excluding carboxylic acids is 7. The fraction of sp³-hybridized carbons (Fsp3) is 0.806. The maximum atomic E-state index is 13.2. The van der Waals surface area contributed by atoms with Gasteiger partial charge in [-0.3, -0.25) is 33.6 Å². The molecule has 16 heteroatoms. The van der Waals surface area contributed by atoms with Crippen molar-refractivity contribution in [1.29, 1.82) is 0 Å². The SMILES string of the molecule is CCCCCCCCC(=O)OCC(COC=O)OC(=O)CN(CC(=O)OC(COC=O)COC(=O)CCCCCCCC)C(=O)SCCCN(C)C. The molecule has 0 saturated carbocycles. The highest BCUT2D eigenvalue weighted by Gasteiger charge is 2.27. The van der Waals surface area contributed by atoms with Crippen molar-refractivity contribution in [1.82, 2.24) is 9.80 Å². The van der Waals surface area contributed by atoms with E-state index in [0.717, 1.165) is 80.9 Å². The van der Waals surface area contributed by atoms with E-state index in [-0.39, 0.29) is 39.0 Å². The number of ether oxygens (including phenoxy) is 6. The maximum Gasteiger partial charge on any atom is 0.326 e. The van der Waals surface area contributed by atoms with Gasteiger partial charge in [0, 0.05) is 18.6 Å². The standard InChI is InChI=1S/C36H62N2O13S/c1-5-7-9-11-13-15-18-32(41)48-26-30(24-46-28-39)50-34(43)22-38(36(45)52-21-17-20-37(3)4)23-35(44)51-31(25-47-29-40)27-49-33(42)19-16-14-12-10-8-6-2/h28-31H,5-27H2,1-4H3. The minimum atomic E-state index is -1.15. The van der Waals surface area contributed by atoms with Gasteiger partial charge in [0.05, 0.1) is 0 Å². The van der Waals surface area contributed by atoms with Crippen LogP contribution in [0.15, 0.2) is 0 Å². The molecule has 0 aromatic carbocycles. The Bertz CT molecular complexity index is 951. The molecule has 0 aliphatic heterocycles. The zero-order valence-electron chi connectivity index (χ0n) is 31.7. The van der Waals surface area contributed by atoms with Gasteiger partial charge in [0.15, 0.2) is 12.2 Å². The molecule has 0 aromatic heterocycles. The topological polar surface area (TPSA) is 181 Å². The molecule has 1 amide bonds. The smallest absolute Gasteiger partial charge is 0.326 e. The van der Waals surface area contributed by atoms with Gasteiger partial charge in [-0.05, 0) is 39.9 Å². The minimum Gasteiger partial charge on any atom is -0.464 e. The molecule has 52 heavy (non-hydrogen) atoms. The zero-order valence-corrected chi connectivity index (χ0v) is 32.5. The average molecular weight is 763 g/mol. The van der Waals surface area contributed by atoms with Crippen LogP contribution in [-0.2, 0) is 57.2 Å². The van der Waals surface area contributed by atoms with Gasteiger partial charge in [0.1, 0.15) is 39.5 Å². The molecular formula is C36H62N2O13S. The van der Waals surface area contributed by atoms with Crippen molar-refractivity contribution in [3.05, 3.63) is 0 Å². The molecule has 0 saturated heterocycles. The molecule has 0 aliphatic carbocycles. The summed E-state index contributed by atoms with van der Waals surface area (Å²) in [5, 5.41) is -0.607. The molecule has 300 valence electrons. The molecule has 2 unspecified atom stereocenters. The van der Waals surface area contributed by atoms with Crippen LogP contribution < -0.4 is 0 Å². The largest absolute Gasteiger partial charge is 0.464 e. The lowest BCUT2D eigenvalue weighted by atomic mass is 10.1. The predicted octanol–water partition coefficient (Wildman–Crippen LogP) is 4.85. The Balaban J connectivity index is 5.34. The molecule has 2 atom stereocenters.